The maximum Gasteiger partial charge on any atom is 0.163 e. The minimum atomic E-state index is -0.473. The molecule has 2 rings (SSSR count). The zero-order chi connectivity index (χ0) is 13.1. The Labute approximate surface area is 118 Å². The van der Waals surface area contributed by atoms with Crippen molar-refractivity contribution in [3.63, 3.8) is 0 Å². The Balaban J connectivity index is 2.44. The molecule has 0 aliphatic rings. The molecule has 0 aliphatic carbocycles. The highest BCUT2D eigenvalue weighted by molar-refractivity contribution is 9.10. The third-order valence-electron chi connectivity index (χ3n) is 2.38. The second-order valence-electron chi connectivity index (χ2n) is 3.70. The molecule has 0 radical (unpaired) electrons. The van der Waals surface area contributed by atoms with Crippen molar-refractivity contribution in [2.24, 2.45) is 0 Å². The first kappa shape index (κ1) is 13.3. The van der Waals surface area contributed by atoms with Crippen LogP contribution in [0.4, 0.5) is 4.39 Å². The van der Waals surface area contributed by atoms with Gasteiger partial charge in [0.2, 0.25) is 0 Å². The van der Waals surface area contributed by atoms with Crippen molar-refractivity contribution in [2.45, 2.75) is 16.7 Å². The van der Waals surface area contributed by atoms with E-state index in [4.69, 9.17) is 0 Å². The molecule has 2 aromatic carbocycles. The fourth-order valence-electron chi connectivity index (χ4n) is 1.58. The van der Waals surface area contributed by atoms with Gasteiger partial charge >= 0.3 is 0 Å². The number of carbonyl (C=O) groups excluding carboxylic acids is 1. The zero-order valence-electron chi connectivity index (χ0n) is 9.61. The van der Waals surface area contributed by atoms with Gasteiger partial charge < -0.3 is 0 Å². The second-order valence-corrected chi connectivity index (χ2v) is 5.64. The van der Waals surface area contributed by atoms with Crippen LogP contribution in [-0.4, -0.2) is 5.78 Å². The molecule has 0 aliphatic heterocycles. The van der Waals surface area contributed by atoms with Gasteiger partial charge in [-0.1, -0.05) is 30.0 Å². The van der Waals surface area contributed by atoms with E-state index in [1.165, 1.54) is 24.8 Å². The number of Topliss-reactive ketones (excluding diaryl/α,β-unsaturated/α-hetero) is 1. The standard InChI is InChI=1S/C14H10BrFOS/c1-9(17)14-11(16)6-4-8-13(14)18-12-7-3-2-5-10(12)15/h2-8H,1H3. The van der Waals surface area contributed by atoms with Crippen molar-refractivity contribution in [1.29, 1.82) is 0 Å². The molecule has 18 heavy (non-hydrogen) atoms. The first-order valence-electron chi connectivity index (χ1n) is 5.31. The summed E-state index contributed by atoms with van der Waals surface area (Å²) in [7, 11) is 0. The summed E-state index contributed by atoms with van der Waals surface area (Å²) in [6, 6.07) is 12.3. The molecular weight excluding hydrogens is 315 g/mol. The molecule has 0 atom stereocenters. The maximum atomic E-state index is 13.7. The highest BCUT2D eigenvalue weighted by atomic mass is 79.9. The van der Waals surface area contributed by atoms with Crippen molar-refractivity contribution in [3.05, 3.63) is 58.3 Å². The van der Waals surface area contributed by atoms with Crippen molar-refractivity contribution >= 4 is 33.5 Å². The van der Waals surface area contributed by atoms with Crippen LogP contribution in [0.25, 0.3) is 0 Å². The van der Waals surface area contributed by atoms with Gasteiger partial charge in [-0.25, -0.2) is 4.39 Å². The highest BCUT2D eigenvalue weighted by Crippen LogP contribution is 2.35. The van der Waals surface area contributed by atoms with Crippen LogP contribution in [0.15, 0.2) is 56.7 Å². The number of hydrogen-bond acceptors (Lipinski definition) is 2. The van der Waals surface area contributed by atoms with Crippen molar-refractivity contribution < 1.29 is 9.18 Å². The van der Waals surface area contributed by atoms with Crippen LogP contribution in [-0.2, 0) is 0 Å². The smallest absolute Gasteiger partial charge is 0.163 e. The summed E-state index contributed by atoms with van der Waals surface area (Å²) in [6.45, 7) is 1.38. The van der Waals surface area contributed by atoms with E-state index in [0.29, 0.717) is 4.90 Å². The average molecular weight is 325 g/mol. The van der Waals surface area contributed by atoms with Gasteiger partial charge in [-0.3, -0.25) is 4.79 Å². The van der Waals surface area contributed by atoms with E-state index in [1.54, 1.807) is 12.1 Å². The Morgan fingerprint density at radius 2 is 1.78 bits per heavy atom. The van der Waals surface area contributed by atoms with Crippen molar-refractivity contribution in [2.75, 3.05) is 0 Å². The molecule has 0 saturated carbocycles. The van der Waals surface area contributed by atoms with Crippen LogP contribution in [0.2, 0.25) is 0 Å². The van der Waals surface area contributed by atoms with Crippen LogP contribution >= 0.6 is 27.7 Å². The summed E-state index contributed by atoms with van der Waals surface area (Å²) in [4.78, 5) is 13.1. The molecule has 0 fully saturated rings. The zero-order valence-corrected chi connectivity index (χ0v) is 12.0. The van der Waals surface area contributed by atoms with Gasteiger partial charge in [0.1, 0.15) is 5.82 Å². The lowest BCUT2D eigenvalue weighted by Gasteiger charge is -2.08. The monoisotopic (exact) mass is 324 g/mol. The van der Waals surface area contributed by atoms with Gasteiger partial charge in [-0.05, 0) is 47.1 Å². The number of halogens is 2. The van der Waals surface area contributed by atoms with E-state index in [-0.39, 0.29) is 11.3 Å². The first-order chi connectivity index (χ1) is 8.59. The summed E-state index contributed by atoms with van der Waals surface area (Å²) in [5.74, 6) is -0.734. The van der Waals surface area contributed by atoms with Crippen LogP contribution in [0.1, 0.15) is 17.3 Å². The van der Waals surface area contributed by atoms with Crippen LogP contribution < -0.4 is 0 Å². The second kappa shape index (κ2) is 5.67. The maximum absolute atomic E-state index is 13.7. The molecule has 92 valence electrons. The topological polar surface area (TPSA) is 17.1 Å². The normalized spacial score (nSPS) is 10.4. The summed E-state index contributed by atoms with van der Waals surface area (Å²) in [6.07, 6.45) is 0. The lowest BCUT2D eigenvalue weighted by Crippen LogP contribution is -1.99. The van der Waals surface area contributed by atoms with E-state index in [2.05, 4.69) is 15.9 Å². The van der Waals surface area contributed by atoms with Gasteiger partial charge in [0, 0.05) is 14.3 Å². The molecular formula is C14H10BrFOS. The number of rotatable bonds is 3. The van der Waals surface area contributed by atoms with Gasteiger partial charge in [-0.2, -0.15) is 0 Å². The summed E-state index contributed by atoms with van der Waals surface area (Å²) in [5.41, 5.74) is 0.151. The quantitative estimate of drug-likeness (QED) is 0.744. The molecule has 0 aromatic heterocycles. The van der Waals surface area contributed by atoms with Crippen molar-refractivity contribution in [3.8, 4) is 0 Å². The highest BCUT2D eigenvalue weighted by Gasteiger charge is 2.14. The fourth-order valence-corrected chi connectivity index (χ4v) is 3.14. The van der Waals surface area contributed by atoms with Gasteiger partial charge in [0.05, 0.1) is 5.56 Å². The number of carbonyl (C=O) groups is 1. The summed E-state index contributed by atoms with van der Waals surface area (Å²) < 4.78 is 14.6. The van der Waals surface area contributed by atoms with Gasteiger partial charge in [0.15, 0.2) is 5.78 Å². The number of ketones is 1. The third kappa shape index (κ3) is 2.82. The van der Waals surface area contributed by atoms with Crippen LogP contribution in [0, 0.1) is 5.82 Å². The van der Waals surface area contributed by atoms with Gasteiger partial charge in [-0.15, -0.1) is 0 Å². The molecule has 0 N–H and O–H groups in total. The molecule has 4 heteroatoms. The molecule has 0 saturated heterocycles. The SMILES string of the molecule is CC(=O)c1c(F)cccc1Sc1ccccc1Br. The fraction of sp³-hybridized carbons (Fsp3) is 0.0714. The first-order valence-corrected chi connectivity index (χ1v) is 6.92. The van der Waals surface area contributed by atoms with Crippen LogP contribution in [0.3, 0.4) is 0 Å². The molecule has 0 heterocycles. The Morgan fingerprint density at radius 1 is 1.11 bits per heavy atom. The lowest BCUT2D eigenvalue weighted by atomic mass is 10.1. The number of benzene rings is 2. The number of hydrogen-bond donors (Lipinski definition) is 0. The largest absolute Gasteiger partial charge is 0.294 e. The molecule has 2 aromatic rings. The van der Waals surface area contributed by atoms with E-state index < -0.39 is 5.82 Å². The molecule has 0 amide bonds. The summed E-state index contributed by atoms with van der Waals surface area (Å²) >= 11 is 4.81. The van der Waals surface area contributed by atoms with E-state index in [0.717, 1.165) is 9.37 Å². The molecule has 1 nitrogen and oxygen atoms in total. The third-order valence-corrected chi connectivity index (χ3v) is 4.47. The minimum absolute atomic E-state index is 0.151. The Hall–Kier alpha value is -1.13. The predicted octanol–water partition coefficient (Wildman–Crippen LogP) is 4.94. The van der Waals surface area contributed by atoms with Crippen LogP contribution in [0.5, 0.6) is 0 Å². The Morgan fingerprint density at radius 3 is 2.44 bits per heavy atom. The molecule has 0 unspecified atom stereocenters. The van der Waals surface area contributed by atoms with E-state index in [9.17, 15) is 9.18 Å². The Bertz CT molecular complexity index is 598. The molecule has 0 bridgehead atoms. The average Bonchev–Trinajstić information content (AvgIpc) is 2.31. The lowest BCUT2D eigenvalue weighted by molar-refractivity contribution is 0.101. The minimum Gasteiger partial charge on any atom is -0.294 e. The molecule has 0 spiro atoms. The van der Waals surface area contributed by atoms with E-state index >= 15 is 0 Å². The van der Waals surface area contributed by atoms with E-state index in [1.807, 2.05) is 24.3 Å². The Kier molecular flexibility index (Phi) is 4.19. The summed E-state index contributed by atoms with van der Waals surface area (Å²) in [5, 5.41) is 0. The van der Waals surface area contributed by atoms with Crippen molar-refractivity contribution in [1.82, 2.24) is 0 Å². The van der Waals surface area contributed by atoms with Gasteiger partial charge in [0.25, 0.3) is 0 Å². The predicted molar refractivity (Wildman–Crippen MR) is 74.7 cm³/mol.